The molecule has 0 amide bonds. The van der Waals surface area contributed by atoms with E-state index in [0.29, 0.717) is 0 Å². The van der Waals surface area contributed by atoms with E-state index in [-0.39, 0.29) is 6.04 Å². The number of pyridine rings is 1. The Hall–Kier alpha value is -1.20. The van der Waals surface area contributed by atoms with Crippen molar-refractivity contribution in [3.8, 4) is 0 Å². The fraction of sp³-hybridized carbons (Fsp3) is 0.333. The van der Waals surface area contributed by atoms with Gasteiger partial charge in [-0.25, -0.2) is 0 Å². The third kappa shape index (κ3) is 2.73. The first-order chi connectivity index (χ1) is 8.22. The van der Waals surface area contributed by atoms with Crippen molar-refractivity contribution in [2.75, 3.05) is 0 Å². The predicted octanol–water partition coefficient (Wildman–Crippen LogP) is 2.50. The van der Waals surface area contributed by atoms with Gasteiger partial charge in [0.05, 0.1) is 17.9 Å². The molecule has 0 aromatic carbocycles. The van der Waals surface area contributed by atoms with E-state index in [9.17, 15) is 0 Å². The molecule has 0 fully saturated rings. The molecular weight excluding hydrogens is 280 g/mol. The summed E-state index contributed by atoms with van der Waals surface area (Å²) in [5.41, 5.74) is 8.00. The molecule has 2 aromatic heterocycles. The minimum absolute atomic E-state index is 0.240. The number of halogens is 1. The predicted molar refractivity (Wildman–Crippen MR) is 70.5 cm³/mol. The number of hydrogen-bond acceptors (Lipinski definition) is 3. The molecule has 2 aromatic rings. The topological polar surface area (TPSA) is 56.7 Å². The first kappa shape index (κ1) is 12.3. The molecule has 0 aliphatic heterocycles. The SMILES string of the molecule is CCCn1cc(C(N)c2ncccc2Br)cn1. The Morgan fingerprint density at radius 1 is 1.53 bits per heavy atom. The summed E-state index contributed by atoms with van der Waals surface area (Å²) in [4.78, 5) is 4.30. The molecule has 0 aliphatic rings. The van der Waals surface area contributed by atoms with Crippen molar-refractivity contribution in [1.82, 2.24) is 14.8 Å². The van der Waals surface area contributed by atoms with Gasteiger partial charge in [0, 0.05) is 29.0 Å². The summed E-state index contributed by atoms with van der Waals surface area (Å²) in [6.07, 6.45) is 6.59. The first-order valence-electron chi connectivity index (χ1n) is 5.60. The lowest BCUT2D eigenvalue weighted by molar-refractivity contribution is 0.601. The van der Waals surface area contributed by atoms with Crippen LogP contribution < -0.4 is 5.73 Å². The van der Waals surface area contributed by atoms with Crippen LogP contribution in [0, 0.1) is 0 Å². The van der Waals surface area contributed by atoms with Crippen molar-refractivity contribution in [2.24, 2.45) is 5.73 Å². The quantitative estimate of drug-likeness (QED) is 0.943. The van der Waals surface area contributed by atoms with E-state index in [4.69, 9.17) is 5.73 Å². The number of aromatic nitrogens is 3. The van der Waals surface area contributed by atoms with Crippen molar-refractivity contribution in [3.05, 3.63) is 46.5 Å². The Kier molecular flexibility index (Phi) is 3.91. The van der Waals surface area contributed by atoms with E-state index < -0.39 is 0 Å². The second-order valence-electron chi connectivity index (χ2n) is 3.88. The summed E-state index contributed by atoms with van der Waals surface area (Å²) < 4.78 is 2.84. The van der Waals surface area contributed by atoms with E-state index in [1.165, 1.54) is 0 Å². The van der Waals surface area contributed by atoms with E-state index >= 15 is 0 Å². The van der Waals surface area contributed by atoms with Crippen molar-refractivity contribution in [2.45, 2.75) is 25.9 Å². The lowest BCUT2D eigenvalue weighted by Gasteiger charge is -2.10. The van der Waals surface area contributed by atoms with Crippen LogP contribution in [0.1, 0.15) is 30.6 Å². The third-order valence-corrected chi connectivity index (χ3v) is 3.22. The highest BCUT2D eigenvalue weighted by atomic mass is 79.9. The number of nitrogens with zero attached hydrogens (tertiary/aromatic N) is 3. The zero-order chi connectivity index (χ0) is 12.3. The number of aryl methyl sites for hydroxylation is 1. The van der Waals surface area contributed by atoms with Gasteiger partial charge in [-0.15, -0.1) is 0 Å². The van der Waals surface area contributed by atoms with Gasteiger partial charge in [-0.3, -0.25) is 9.67 Å². The van der Waals surface area contributed by atoms with E-state index in [0.717, 1.165) is 28.7 Å². The van der Waals surface area contributed by atoms with Crippen LogP contribution in [0.25, 0.3) is 0 Å². The highest BCUT2D eigenvalue weighted by Crippen LogP contribution is 2.24. The van der Waals surface area contributed by atoms with Gasteiger partial charge in [-0.05, 0) is 34.5 Å². The van der Waals surface area contributed by atoms with Crippen molar-refractivity contribution < 1.29 is 0 Å². The summed E-state index contributed by atoms with van der Waals surface area (Å²) in [6.45, 7) is 3.03. The molecular formula is C12H15BrN4. The van der Waals surface area contributed by atoms with Crippen LogP contribution in [0.5, 0.6) is 0 Å². The van der Waals surface area contributed by atoms with Gasteiger partial charge in [0.1, 0.15) is 0 Å². The molecule has 2 N–H and O–H groups in total. The van der Waals surface area contributed by atoms with Crippen LogP contribution in [0.4, 0.5) is 0 Å². The maximum Gasteiger partial charge on any atom is 0.0768 e. The van der Waals surface area contributed by atoms with Crippen LogP contribution >= 0.6 is 15.9 Å². The smallest absolute Gasteiger partial charge is 0.0768 e. The summed E-state index contributed by atoms with van der Waals surface area (Å²) in [6, 6.07) is 3.58. The average Bonchev–Trinajstić information content (AvgIpc) is 2.78. The maximum atomic E-state index is 6.18. The molecule has 0 radical (unpaired) electrons. The fourth-order valence-electron chi connectivity index (χ4n) is 1.68. The molecule has 17 heavy (non-hydrogen) atoms. The highest BCUT2D eigenvalue weighted by Gasteiger charge is 2.14. The summed E-state index contributed by atoms with van der Waals surface area (Å²) in [5, 5.41) is 4.28. The molecule has 1 atom stereocenters. The summed E-state index contributed by atoms with van der Waals surface area (Å²) >= 11 is 3.46. The lowest BCUT2D eigenvalue weighted by Crippen LogP contribution is -2.13. The van der Waals surface area contributed by atoms with Crippen LogP contribution in [0.15, 0.2) is 35.2 Å². The number of nitrogens with two attached hydrogens (primary N) is 1. The molecule has 2 heterocycles. The van der Waals surface area contributed by atoms with Gasteiger partial charge in [-0.1, -0.05) is 6.92 Å². The molecule has 0 bridgehead atoms. The van der Waals surface area contributed by atoms with Crippen LogP contribution in [0.3, 0.4) is 0 Å². The van der Waals surface area contributed by atoms with Crippen LogP contribution in [0.2, 0.25) is 0 Å². The molecule has 2 rings (SSSR count). The Bertz CT molecular complexity index is 495. The molecule has 0 saturated heterocycles. The largest absolute Gasteiger partial charge is 0.319 e. The normalized spacial score (nSPS) is 12.6. The van der Waals surface area contributed by atoms with Crippen molar-refractivity contribution in [1.29, 1.82) is 0 Å². The molecule has 1 unspecified atom stereocenters. The second kappa shape index (κ2) is 5.42. The van der Waals surface area contributed by atoms with Crippen LogP contribution in [-0.2, 0) is 6.54 Å². The Balaban J connectivity index is 2.24. The van der Waals surface area contributed by atoms with Gasteiger partial charge in [0.25, 0.3) is 0 Å². The summed E-state index contributed by atoms with van der Waals surface area (Å²) in [7, 11) is 0. The van der Waals surface area contributed by atoms with Gasteiger partial charge in [-0.2, -0.15) is 5.10 Å². The van der Waals surface area contributed by atoms with Crippen LogP contribution in [-0.4, -0.2) is 14.8 Å². The number of hydrogen-bond donors (Lipinski definition) is 1. The van der Waals surface area contributed by atoms with Crippen molar-refractivity contribution >= 4 is 15.9 Å². The molecule has 0 spiro atoms. The minimum Gasteiger partial charge on any atom is -0.319 e. The van der Waals surface area contributed by atoms with Gasteiger partial charge < -0.3 is 5.73 Å². The fourth-order valence-corrected chi connectivity index (χ4v) is 2.18. The number of rotatable bonds is 4. The standard InChI is InChI=1S/C12H15BrN4/c1-2-6-17-8-9(7-16-17)11(14)12-10(13)4-3-5-15-12/h3-5,7-8,11H,2,6,14H2,1H3. The maximum absolute atomic E-state index is 6.18. The van der Waals surface area contributed by atoms with E-state index in [1.54, 1.807) is 12.4 Å². The zero-order valence-electron chi connectivity index (χ0n) is 9.68. The molecule has 0 aliphatic carbocycles. The Morgan fingerprint density at radius 2 is 2.35 bits per heavy atom. The third-order valence-electron chi connectivity index (χ3n) is 2.55. The first-order valence-corrected chi connectivity index (χ1v) is 6.40. The lowest BCUT2D eigenvalue weighted by atomic mass is 10.1. The minimum atomic E-state index is -0.240. The average molecular weight is 295 g/mol. The molecule has 90 valence electrons. The van der Waals surface area contributed by atoms with Gasteiger partial charge in [0.2, 0.25) is 0 Å². The summed E-state index contributed by atoms with van der Waals surface area (Å²) in [5.74, 6) is 0. The monoisotopic (exact) mass is 294 g/mol. The molecule has 0 saturated carbocycles. The highest BCUT2D eigenvalue weighted by molar-refractivity contribution is 9.10. The molecule has 4 nitrogen and oxygen atoms in total. The van der Waals surface area contributed by atoms with Crippen molar-refractivity contribution in [3.63, 3.8) is 0 Å². The Morgan fingerprint density at radius 3 is 3.06 bits per heavy atom. The van der Waals surface area contributed by atoms with Gasteiger partial charge >= 0.3 is 0 Å². The van der Waals surface area contributed by atoms with E-state index in [2.05, 4.69) is 32.9 Å². The van der Waals surface area contributed by atoms with E-state index in [1.807, 2.05) is 23.0 Å². The van der Waals surface area contributed by atoms with Gasteiger partial charge in [0.15, 0.2) is 0 Å². The molecule has 5 heteroatoms. The Labute approximate surface area is 109 Å². The zero-order valence-corrected chi connectivity index (χ0v) is 11.3. The second-order valence-corrected chi connectivity index (χ2v) is 4.74.